The zero-order valence-electron chi connectivity index (χ0n) is 16.7. The minimum atomic E-state index is 0.933. The molecule has 1 nitrogen and oxygen atoms in total. The molecule has 0 radical (unpaired) electrons. The molecule has 5 aromatic carbocycles. The normalized spacial score (nSPS) is 11.5. The zero-order valence-corrected chi connectivity index (χ0v) is 16.7. The van der Waals surface area contributed by atoms with Crippen LogP contribution in [0.1, 0.15) is 5.56 Å². The summed E-state index contributed by atoms with van der Waals surface area (Å²) in [6.45, 7) is 2.17. The standard InChI is InChI=1S/C29H20O/c1-19-15-23(22-14-13-20-7-2-3-8-21(20)17-22)18-24(16-19)25-10-6-12-28-29(25)26-9-4-5-11-27(26)30-28/h2-18H,1H3. The first-order chi connectivity index (χ1) is 14.8. The molecule has 6 rings (SSSR count). The number of hydrogen-bond donors (Lipinski definition) is 0. The van der Waals surface area contributed by atoms with Crippen LogP contribution in [0.2, 0.25) is 0 Å². The van der Waals surface area contributed by atoms with Gasteiger partial charge in [0.25, 0.3) is 0 Å². The average molecular weight is 384 g/mol. The van der Waals surface area contributed by atoms with Crippen LogP contribution in [0.15, 0.2) is 108 Å². The molecule has 30 heavy (non-hydrogen) atoms. The predicted molar refractivity (Wildman–Crippen MR) is 127 cm³/mol. The molecule has 0 aliphatic rings. The van der Waals surface area contributed by atoms with Crippen molar-refractivity contribution < 1.29 is 4.42 Å². The minimum absolute atomic E-state index is 0.933. The molecular formula is C29H20O. The molecule has 0 N–H and O–H groups in total. The summed E-state index contributed by atoms with van der Waals surface area (Å²) >= 11 is 0. The van der Waals surface area contributed by atoms with Gasteiger partial charge in [-0.1, -0.05) is 78.9 Å². The van der Waals surface area contributed by atoms with Crippen LogP contribution in [0.3, 0.4) is 0 Å². The molecule has 0 unspecified atom stereocenters. The Hall–Kier alpha value is -3.84. The Bertz CT molecular complexity index is 1550. The second kappa shape index (κ2) is 6.60. The lowest BCUT2D eigenvalue weighted by Crippen LogP contribution is -1.86. The second-order valence-corrected chi connectivity index (χ2v) is 7.93. The lowest BCUT2D eigenvalue weighted by atomic mass is 9.93. The zero-order chi connectivity index (χ0) is 20.1. The van der Waals surface area contributed by atoms with Crippen molar-refractivity contribution in [3.63, 3.8) is 0 Å². The molecule has 0 saturated heterocycles. The summed E-state index contributed by atoms with van der Waals surface area (Å²) in [5, 5.41) is 4.88. The third kappa shape index (κ3) is 2.71. The van der Waals surface area contributed by atoms with Crippen LogP contribution in [0.25, 0.3) is 55.0 Å². The Morgan fingerprint density at radius 3 is 2.23 bits per heavy atom. The third-order valence-electron chi connectivity index (χ3n) is 5.87. The molecule has 142 valence electrons. The van der Waals surface area contributed by atoms with Crippen molar-refractivity contribution >= 4 is 32.7 Å². The van der Waals surface area contributed by atoms with E-state index < -0.39 is 0 Å². The maximum absolute atomic E-state index is 6.11. The van der Waals surface area contributed by atoms with Crippen molar-refractivity contribution in [3.8, 4) is 22.3 Å². The fraction of sp³-hybridized carbons (Fsp3) is 0.0345. The summed E-state index contributed by atoms with van der Waals surface area (Å²) in [4.78, 5) is 0. The highest BCUT2D eigenvalue weighted by Crippen LogP contribution is 2.38. The van der Waals surface area contributed by atoms with Gasteiger partial charge in [-0.05, 0) is 69.8 Å². The quantitative estimate of drug-likeness (QED) is 0.292. The number of para-hydroxylation sites is 1. The van der Waals surface area contributed by atoms with Gasteiger partial charge < -0.3 is 4.42 Å². The molecule has 0 aliphatic heterocycles. The smallest absolute Gasteiger partial charge is 0.136 e. The van der Waals surface area contributed by atoms with Crippen LogP contribution in [-0.2, 0) is 0 Å². The minimum Gasteiger partial charge on any atom is -0.456 e. The van der Waals surface area contributed by atoms with E-state index in [4.69, 9.17) is 4.42 Å². The molecule has 6 aromatic rings. The maximum atomic E-state index is 6.11. The molecule has 0 amide bonds. The first-order valence-electron chi connectivity index (χ1n) is 10.3. The number of rotatable bonds is 2. The number of hydrogen-bond acceptors (Lipinski definition) is 1. The monoisotopic (exact) mass is 384 g/mol. The van der Waals surface area contributed by atoms with Gasteiger partial charge in [0.15, 0.2) is 0 Å². The van der Waals surface area contributed by atoms with Gasteiger partial charge in [-0.3, -0.25) is 0 Å². The van der Waals surface area contributed by atoms with Crippen molar-refractivity contribution in [2.24, 2.45) is 0 Å². The summed E-state index contributed by atoms with van der Waals surface area (Å²) < 4.78 is 6.11. The first-order valence-corrected chi connectivity index (χ1v) is 10.3. The fourth-order valence-corrected chi connectivity index (χ4v) is 4.49. The van der Waals surface area contributed by atoms with Gasteiger partial charge in [-0.25, -0.2) is 0 Å². The van der Waals surface area contributed by atoms with Gasteiger partial charge in [-0.15, -0.1) is 0 Å². The molecule has 0 spiro atoms. The Morgan fingerprint density at radius 1 is 0.533 bits per heavy atom. The van der Waals surface area contributed by atoms with Crippen LogP contribution in [0.4, 0.5) is 0 Å². The number of furan rings is 1. The molecule has 0 saturated carbocycles. The summed E-state index contributed by atoms with van der Waals surface area (Å²) in [5.41, 5.74) is 8.02. The van der Waals surface area contributed by atoms with Crippen molar-refractivity contribution in [2.75, 3.05) is 0 Å². The van der Waals surface area contributed by atoms with Crippen molar-refractivity contribution in [3.05, 3.63) is 109 Å². The average Bonchev–Trinajstić information content (AvgIpc) is 3.17. The molecule has 1 aromatic heterocycles. The molecule has 1 heterocycles. The van der Waals surface area contributed by atoms with Crippen LogP contribution >= 0.6 is 0 Å². The number of fused-ring (bicyclic) bond motifs is 4. The van der Waals surface area contributed by atoms with E-state index >= 15 is 0 Å². The van der Waals surface area contributed by atoms with Crippen LogP contribution in [0, 0.1) is 6.92 Å². The van der Waals surface area contributed by atoms with E-state index in [1.54, 1.807) is 0 Å². The summed E-state index contributed by atoms with van der Waals surface area (Å²) in [7, 11) is 0. The van der Waals surface area contributed by atoms with E-state index in [1.807, 2.05) is 12.1 Å². The van der Waals surface area contributed by atoms with E-state index in [0.717, 1.165) is 16.6 Å². The van der Waals surface area contributed by atoms with Crippen molar-refractivity contribution in [1.29, 1.82) is 0 Å². The maximum Gasteiger partial charge on any atom is 0.136 e. The number of aryl methyl sites for hydroxylation is 1. The molecule has 0 aliphatic carbocycles. The van der Waals surface area contributed by atoms with E-state index in [9.17, 15) is 0 Å². The first kappa shape index (κ1) is 17.1. The van der Waals surface area contributed by atoms with Gasteiger partial charge >= 0.3 is 0 Å². The Balaban J connectivity index is 1.58. The fourth-order valence-electron chi connectivity index (χ4n) is 4.49. The lowest BCUT2D eigenvalue weighted by Gasteiger charge is -2.10. The van der Waals surface area contributed by atoms with E-state index in [0.29, 0.717) is 0 Å². The predicted octanol–water partition coefficient (Wildman–Crippen LogP) is 8.38. The highest BCUT2D eigenvalue weighted by molar-refractivity contribution is 6.12. The van der Waals surface area contributed by atoms with E-state index in [1.165, 1.54) is 44.0 Å². The Morgan fingerprint density at radius 2 is 1.30 bits per heavy atom. The van der Waals surface area contributed by atoms with Crippen molar-refractivity contribution in [2.45, 2.75) is 6.92 Å². The van der Waals surface area contributed by atoms with Crippen molar-refractivity contribution in [1.82, 2.24) is 0 Å². The van der Waals surface area contributed by atoms with Crippen LogP contribution in [0.5, 0.6) is 0 Å². The van der Waals surface area contributed by atoms with Gasteiger partial charge in [0.1, 0.15) is 11.2 Å². The van der Waals surface area contributed by atoms with Gasteiger partial charge in [0.05, 0.1) is 0 Å². The van der Waals surface area contributed by atoms with Gasteiger partial charge in [0, 0.05) is 10.8 Å². The van der Waals surface area contributed by atoms with Crippen LogP contribution < -0.4 is 0 Å². The second-order valence-electron chi connectivity index (χ2n) is 7.93. The summed E-state index contributed by atoms with van der Waals surface area (Å²) in [6.07, 6.45) is 0. The molecule has 0 fully saturated rings. The molecule has 0 atom stereocenters. The lowest BCUT2D eigenvalue weighted by molar-refractivity contribution is 0.669. The molecule has 1 heteroatoms. The topological polar surface area (TPSA) is 13.1 Å². The van der Waals surface area contributed by atoms with E-state index in [-0.39, 0.29) is 0 Å². The molecular weight excluding hydrogens is 364 g/mol. The van der Waals surface area contributed by atoms with Crippen LogP contribution in [-0.4, -0.2) is 0 Å². The highest BCUT2D eigenvalue weighted by Gasteiger charge is 2.13. The Labute approximate surface area is 175 Å². The van der Waals surface area contributed by atoms with Gasteiger partial charge in [0.2, 0.25) is 0 Å². The Kier molecular flexibility index (Phi) is 3.75. The highest BCUT2D eigenvalue weighted by atomic mass is 16.3. The largest absolute Gasteiger partial charge is 0.456 e. The molecule has 0 bridgehead atoms. The summed E-state index contributed by atoms with van der Waals surface area (Å²) in [5.74, 6) is 0. The SMILES string of the molecule is Cc1cc(-c2ccc3ccccc3c2)cc(-c2cccc3oc4ccccc4c23)c1. The third-order valence-corrected chi connectivity index (χ3v) is 5.87. The summed E-state index contributed by atoms with van der Waals surface area (Å²) in [6, 6.07) is 36.7. The van der Waals surface area contributed by atoms with Gasteiger partial charge in [-0.2, -0.15) is 0 Å². The number of benzene rings is 5. The van der Waals surface area contributed by atoms with E-state index in [2.05, 4.69) is 97.9 Å².